The minimum absolute atomic E-state index is 0.193. The Morgan fingerprint density at radius 3 is 3.00 bits per heavy atom. The summed E-state index contributed by atoms with van der Waals surface area (Å²) in [7, 11) is -3.19. The Bertz CT molecular complexity index is 512. The van der Waals surface area contributed by atoms with Crippen LogP contribution < -0.4 is 10.0 Å². The molecule has 1 heterocycles. The van der Waals surface area contributed by atoms with Crippen molar-refractivity contribution in [2.45, 2.75) is 32.6 Å². The van der Waals surface area contributed by atoms with Crippen LogP contribution in [-0.4, -0.2) is 20.7 Å². The lowest BCUT2D eigenvalue weighted by molar-refractivity contribution is 0.598. The molecule has 0 saturated heterocycles. The molecule has 0 atom stereocenters. The molecule has 1 aliphatic heterocycles. The fourth-order valence-corrected chi connectivity index (χ4v) is 3.36. The van der Waals surface area contributed by atoms with Crippen molar-refractivity contribution < 1.29 is 8.42 Å². The number of fused-ring (bicyclic) bond motifs is 1. The second kappa shape index (κ2) is 5.61. The molecule has 2 N–H and O–H groups in total. The topological polar surface area (TPSA) is 58.2 Å². The number of aryl methyl sites for hydroxylation is 1. The molecule has 0 spiro atoms. The highest BCUT2D eigenvalue weighted by Crippen LogP contribution is 2.25. The van der Waals surface area contributed by atoms with Gasteiger partial charge >= 0.3 is 0 Å². The Balaban J connectivity index is 2.10. The van der Waals surface area contributed by atoms with Gasteiger partial charge < -0.3 is 5.32 Å². The highest BCUT2D eigenvalue weighted by molar-refractivity contribution is 7.92. The van der Waals surface area contributed by atoms with Crippen LogP contribution >= 0.6 is 0 Å². The molecule has 0 saturated carbocycles. The van der Waals surface area contributed by atoms with Crippen molar-refractivity contribution in [2.75, 3.05) is 22.3 Å². The SMILES string of the molecule is CCCCS(=O)(=O)Nc1ccc2c(c1)CCCN2. The van der Waals surface area contributed by atoms with Crippen LogP contribution in [0.1, 0.15) is 31.7 Å². The first-order valence-corrected chi connectivity index (χ1v) is 8.13. The molecule has 0 unspecified atom stereocenters. The quantitative estimate of drug-likeness (QED) is 0.863. The van der Waals surface area contributed by atoms with E-state index in [0.717, 1.165) is 31.5 Å². The number of nitrogens with one attached hydrogen (secondary N) is 2. The zero-order valence-corrected chi connectivity index (χ0v) is 11.5. The van der Waals surface area contributed by atoms with Gasteiger partial charge in [0.05, 0.1) is 5.75 Å². The smallest absolute Gasteiger partial charge is 0.232 e. The van der Waals surface area contributed by atoms with Gasteiger partial charge in [0, 0.05) is 17.9 Å². The first-order valence-electron chi connectivity index (χ1n) is 6.48. The second-order valence-corrected chi connectivity index (χ2v) is 6.52. The maximum Gasteiger partial charge on any atom is 0.232 e. The van der Waals surface area contributed by atoms with Crippen molar-refractivity contribution in [3.05, 3.63) is 23.8 Å². The van der Waals surface area contributed by atoms with Crippen LogP contribution in [-0.2, 0) is 16.4 Å². The van der Waals surface area contributed by atoms with Gasteiger partial charge in [-0.25, -0.2) is 8.42 Å². The van der Waals surface area contributed by atoms with Crippen LogP contribution in [0.3, 0.4) is 0 Å². The molecule has 1 aliphatic rings. The summed E-state index contributed by atoms with van der Waals surface area (Å²) in [6.45, 7) is 2.98. The average Bonchev–Trinajstić information content (AvgIpc) is 2.36. The number of benzene rings is 1. The zero-order valence-electron chi connectivity index (χ0n) is 10.7. The normalized spacial score (nSPS) is 14.7. The first kappa shape index (κ1) is 13.2. The standard InChI is InChI=1S/C13H20N2O2S/c1-2-3-9-18(16,17)15-12-6-7-13-11(10-12)5-4-8-14-13/h6-7,10,14-15H,2-5,8-9H2,1H3. The number of sulfonamides is 1. The summed E-state index contributed by atoms with van der Waals surface area (Å²) in [4.78, 5) is 0. The zero-order chi connectivity index (χ0) is 13.0. The number of anilines is 2. The van der Waals surface area contributed by atoms with Crippen LogP contribution in [0.4, 0.5) is 11.4 Å². The predicted molar refractivity (Wildman–Crippen MR) is 75.6 cm³/mol. The molecular formula is C13H20N2O2S. The van der Waals surface area contributed by atoms with Crippen LogP contribution in [0.5, 0.6) is 0 Å². The molecule has 0 aromatic heterocycles. The lowest BCUT2D eigenvalue weighted by atomic mass is 10.0. The molecule has 0 radical (unpaired) electrons. The Hall–Kier alpha value is -1.23. The number of unbranched alkanes of at least 4 members (excludes halogenated alkanes) is 1. The molecule has 0 aliphatic carbocycles. The van der Waals surface area contributed by atoms with E-state index in [-0.39, 0.29) is 5.75 Å². The molecule has 1 aromatic rings. The minimum Gasteiger partial charge on any atom is -0.385 e. The van der Waals surface area contributed by atoms with Gasteiger partial charge in [-0.15, -0.1) is 0 Å². The van der Waals surface area contributed by atoms with Gasteiger partial charge in [0.15, 0.2) is 0 Å². The fourth-order valence-electron chi connectivity index (χ4n) is 2.10. The molecule has 5 heteroatoms. The predicted octanol–water partition coefficient (Wildman–Crippen LogP) is 2.59. The summed E-state index contributed by atoms with van der Waals surface area (Å²) in [5, 5.41) is 3.31. The van der Waals surface area contributed by atoms with E-state index in [0.29, 0.717) is 12.1 Å². The molecule has 18 heavy (non-hydrogen) atoms. The van der Waals surface area contributed by atoms with E-state index < -0.39 is 10.0 Å². The monoisotopic (exact) mass is 268 g/mol. The minimum atomic E-state index is -3.19. The summed E-state index contributed by atoms with van der Waals surface area (Å²) in [5.41, 5.74) is 2.99. The van der Waals surface area contributed by atoms with Gasteiger partial charge in [-0.05, 0) is 43.0 Å². The third kappa shape index (κ3) is 3.38. The van der Waals surface area contributed by atoms with Crippen molar-refractivity contribution in [2.24, 2.45) is 0 Å². The Labute approximate surface area is 109 Å². The van der Waals surface area contributed by atoms with Gasteiger partial charge in [-0.1, -0.05) is 13.3 Å². The molecule has 0 fully saturated rings. The molecule has 0 bridgehead atoms. The second-order valence-electron chi connectivity index (χ2n) is 4.68. The van der Waals surface area contributed by atoms with E-state index >= 15 is 0 Å². The molecular weight excluding hydrogens is 248 g/mol. The van der Waals surface area contributed by atoms with Gasteiger partial charge in [0.2, 0.25) is 10.0 Å². The number of rotatable bonds is 5. The number of hydrogen-bond donors (Lipinski definition) is 2. The van der Waals surface area contributed by atoms with Crippen molar-refractivity contribution in [1.29, 1.82) is 0 Å². The number of hydrogen-bond acceptors (Lipinski definition) is 3. The fraction of sp³-hybridized carbons (Fsp3) is 0.538. The molecule has 100 valence electrons. The van der Waals surface area contributed by atoms with Crippen molar-refractivity contribution in [3.63, 3.8) is 0 Å². The van der Waals surface area contributed by atoms with Gasteiger partial charge in [0.1, 0.15) is 0 Å². The summed E-state index contributed by atoms with van der Waals surface area (Å²) in [6, 6.07) is 5.71. The van der Waals surface area contributed by atoms with Crippen LogP contribution in [0, 0.1) is 0 Å². The molecule has 1 aromatic carbocycles. The van der Waals surface area contributed by atoms with Gasteiger partial charge in [-0.2, -0.15) is 0 Å². The highest BCUT2D eigenvalue weighted by atomic mass is 32.2. The summed E-state index contributed by atoms with van der Waals surface area (Å²) >= 11 is 0. The van der Waals surface area contributed by atoms with E-state index in [1.54, 1.807) is 0 Å². The lowest BCUT2D eigenvalue weighted by Crippen LogP contribution is -2.17. The van der Waals surface area contributed by atoms with Crippen LogP contribution in [0.15, 0.2) is 18.2 Å². The Morgan fingerprint density at radius 2 is 2.22 bits per heavy atom. The average molecular weight is 268 g/mol. The van der Waals surface area contributed by atoms with E-state index in [4.69, 9.17) is 0 Å². The van der Waals surface area contributed by atoms with Gasteiger partial charge in [0.25, 0.3) is 0 Å². The van der Waals surface area contributed by atoms with E-state index in [1.807, 2.05) is 25.1 Å². The molecule has 4 nitrogen and oxygen atoms in total. The van der Waals surface area contributed by atoms with Crippen molar-refractivity contribution >= 4 is 21.4 Å². The van der Waals surface area contributed by atoms with Crippen molar-refractivity contribution in [3.8, 4) is 0 Å². The maximum atomic E-state index is 11.8. The van der Waals surface area contributed by atoms with Crippen LogP contribution in [0.2, 0.25) is 0 Å². The highest BCUT2D eigenvalue weighted by Gasteiger charge is 2.12. The largest absolute Gasteiger partial charge is 0.385 e. The van der Waals surface area contributed by atoms with E-state index in [1.165, 1.54) is 5.56 Å². The van der Waals surface area contributed by atoms with Crippen LogP contribution in [0.25, 0.3) is 0 Å². The lowest BCUT2D eigenvalue weighted by Gasteiger charge is -2.19. The van der Waals surface area contributed by atoms with Crippen molar-refractivity contribution in [1.82, 2.24) is 0 Å². The third-order valence-corrected chi connectivity index (χ3v) is 4.46. The summed E-state index contributed by atoms with van der Waals surface area (Å²) < 4.78 is 26.2. The maximum absolute atomic E-state index is 11.8. The van der Waals surface area contributed by atoms with E-state index in [2.05, 4.69) is 10.0 Å². The molecule has 0 amide bonds. The Kier molecular flexibility index (Phi) is 4.11. The molecule has 2 rings (SSSR count). The summed E-state index contributed by atoms with van der Waals surface area (Å²) in [6.07, 6.45) is 3.68. The Morgan fingerprint density at radius 1 is 1.39 bits per heavy atom. The first-order chi connectivity index (χ1) is 8.61. The summed E-state index contributed by atoms with van der Waals surface area (Å²) in [5.74, 6) is 0.193. The van der Waals surface area contributed by atoms with E-state index in [9.17, 15) is 8.42 Å². The third-order valence-electron chi connectivity index (χ3n) is 3.08. The van der Waals surface area contributed by atoms with Gasteiger partial charge in [-0.3, -0.25) is 4.72 Å².